The van der Waals surface area contributed by atoms with Crippen molar-refractivity contribution >= 4 is 40.2 Å². The van der Waals surface area contributed by atoms with Crippen LogP contribution >= 0.6 is 0 Å². The molecule has 0 saturated heterocycles. The highest BCUT2D eigenvalue weighted by Crippen LogP contribution is 2.44. The van der Waals surface area contributed by atoms with Crippen LogP contribution in [0.3, 0.4) is 0 Å². The van der Waals surface area contributed by atoms with Crippen molar-refractivity contribution in [2.75, 3.05) is 10.2 Å². The molecular weight excluding hydrogens is 387 g/mol. The molecule has 4 rings (SSSR count). The van der Waals surface area contributed by atoms with Crippen LogP contribution in [0.5, 0.6) is 0 Å². The minimum Gasteiger partial charge on any atom is -0.391 e. The quantitative estimate of drug-likeness (QED) is 0.549. The van der Waals surface area contributed by atoms with Crippen LogP contribution in [0.25, 0.3) is 10.9 Å². The molecule has 0 radical (unpaired) electrons. The standard InChI is InChI=1S/C18H15FN4O2.C4H10O/c1-18(2)17(25)23(12-5-3-10(9-24)4-6-12)16-13(21-18)7-11-8-20-22-15(11)14(16)19;1-4(2,3)5/h3-9,21H,1-2H3,(H,20,22);5H,1-3H3. The molecule has 0 spiro atoms. The fourth-order valence-electron chi connectivity index (χ4n) is 3.07. The molecule has 0 fully saturated rings. The van der Waals surface area contributed by atoms with Crippen molar-refractivity contribution in [3.63, 3.8) is 0 Å². The first-order chi connectivity index (χ1) is 13.9. The Hall–Kier alpha value is -3.26. The van der Waals surface area contributed by atoms with Crippen LogP contribution in [0.1, 0.15) is 45.0 Å². The van der Waals surface area contributed by atoms with Crippen LogP contribution < -0.4 is 10.2 Å². The van der Waals surface area contributed by atoms with E-state index in [0.29, 0.717) is 22.3 Å². The lowest BCUT2D eigenvalue weighted by Crippen LogP contribution is -2.52. The molecule has 8 heteroatoms. The Morgan fingerprint density at radius 2 is 1.80 bits per heavy atom. The van der Waals surface area contributed by atoms with E-state index in [-0.39, 0.29) is 17.1 Å². The number of carbonyl (C=O) groups excluding carboxylic acids is 2. The molecule has 2 heterocycles. The predicted octanol–water partition coefficient (Wildman–Crippen LogP) is 4.16. The van der Waals surface area contributed by atoms with Crippen molar-refractivity contribution in [3.05, 3.63) is 47.9 Å². The number of amides is 1. The van der Waals surface area contributed by atoms with Crippen LogP contribution in [-0.2, 0) is 4.79 Å². The van der Waals surface area contributed by atoms with E-state index in [0.717, 1.165) is 6.29 Å². The van der Waals surface area contributed by atoms with Crippen molar-refractivity contribution in [1.29, 1.82) is 0 Å². The van der Waals surface area contributed by atoms with Gasteiger partial charge in [-0.25, -0.2) is 4.39 Å². The van der Waals surface area contributed by atoms with Gasteiger partial charge < -0.3 is 10.4 Å². The highest BCUT2D eigenvalue weighted by atomic mass is 19.1. The van der Waals surface area contributed by atoms with Gasteiger partial charge in [0.25, 0.3) is 5.91 Å². The zero-order valence-electron chi connectivity index (χ0n) is 17.6. The average molecular weight is 412 g/mol. The SMILES string of the molecule is CC(C)(C)O.CC1(C)Nc2cc3cn[nH]c3c(F)c2N(c2ccc(C=O)cc2)C1=O. The van der Waals surface area contributed by atoms with Crippen LogP contribution in [0, 0.1) is 5.82 Å². The van der Waals surface area contributed by atoms with Gasteiger partial charge in [0, 0.05) is 16.6 Å². The Balaban J connectivity index is 0.000000461. The number of nitrogens with zero attached hydrogens (tertiary/aromatic N) is 2. The number of rotatable bonds is 2. The molecule has 0 bridgehead atoms. The number of aliphatic hydroxyl groups is 1. The van der Waals surface area contributed by atoms with E-state index >= 15 is 4.39 Å². The second-order valence-corrected chi connectivity index (χ2v) is 8.69. The van der Waals surface area contributed by atoms with E-state index in [2.05, 4.69) is 15.5 Å². The number of hydrogen-bond donors (Lipinski definition) is 3. The lowest BCUT2D eigenvalue weighted by Gasteiger charge is -2.40. The summed E-state index contributed by atoms with van der Waals surface area (Å²) in [5, 5.41) is 18.7. The van der Waals surface area contributed by atoms with Crippen molar-refractivity contribution in [2.24, 2.45) is 0 Å². The minimum atomic E-state index is -0.916. The largest absolute Gasteiger partial charge is 0.391 e. The number of hydrogen-bond acceptors (Lipinski definition) is 5. The number of carbonyl (C=O) groups is 2. The summed E-state index contributed by atoms with van der Waals surface area (Å²) in [5.74, 6) is -0.850. The number of halogens is 1. The van der Waals surface area contributed by atoms with Gasteiger partial charge in [0.2, 0.25) is 0 Å². The van der Waals surface area contributed by atoms with Crippen LogP contribution in [-0.4, -0.2) is 38.6 Å². The molecule has 30 heavy (non-hydrogen) atoms. The Morgan fingerprint density at radius 1 is 1.20 bits per heavy atom. The summed E-state index contributed by atoms with van der Waals surface area (Å²) >= 11 is 0. The van der Waals surface area contributed by atoms with E-state index in [1.807, 2.05) is 0 Å². The van der Waals surface area contributed by atoms with E-state index in [9.17, 15) is 9.59 Å². The fourth-order valence-corrected chi connectivity index (χ4v) is 3.07. The number of anilines is 3. The maximum atomic E-state index is 15.1. The minimum absolute atomic E-state index is 0.139. The second kappa shape index (κ2) is 7.53. The summed E-state index contributed by atoms with van der Waals surface area (Å²) in [6, 6.07) is 8.21. The third-order valence-corrected chi connectivity index (χ3v) is 4.35. The summed E-state index contributed by atoms with van der Waals surface area (Å²) in [5.41, 5.74) is 0.442. The van der Waals surface area contributed by atoms with Gasteiger partial charge in [0.15, 0.2) is 5.82 Å². The van der Waals surface area contributed by atoms with Gasteiger partial charge in [-0.15, -0.1) is 0 Å². The van der Waals surface area contributed by atoms with Gasteiger partial charge in [-0.1, -0.05) is 0 Å². The summed E-state index contributed by atoms with van der Waals surface area (Å²) < 4.78 is 15.1. The maximum absolute atomic E-state index is 15.1. The molecule has 3 N–H and O–H groups in total. The third kappa shape index (κ3) is 4.18. The number of aldehydes is 1. The van der Waals surface area contributed by atoms with Gasteiger partial charge in [-0.05, 0) is 65.0 Å². The molecule has 0 atom stereocenters. The first kappa shape index (κ1) is 21.4. The van der Waals surface area contributed by atoms with Crippen molar-refractivity contribution in [2.45, 2.75) is 45.8 Å². The zero-order valence-corrected chi connectivity index (χ0v) is 17.6. The molecule has 2 aromatic carbocycles. The molecule has 0 aliphatic carbocycles. The Morgan fingerprint density at radius 3 is 2.37 bits per heavy atom. The Labute approximate surface area is 173 Å². The molecule has 3 aromatic rings. The van der Waals surface area contributed by atoms with Crippen LogP contribution in [0.15, 0.2) is 36.5 Å². The number of fused-ring (bicyclic) bond motifs is 2. The Bertz CT molecular complexity index is 1090. The van der Waals surface area contributed by atoms with Gasteiger partial charge in [0.1, 0.15) is 23.0 Å². The molecule has 1 amide bonds. The molecule has 1 aliphatic rings. The van der Waals surface area contributed by atoms with E-state index in [1.54, 1.807) is 65.0 Å². The molecule has 1 aromatic heterocycles. The topological polar surface area (TPSA) is 98.3 Å². The molecular formula is C22H25FN4O3. The summed E-state index contributed by atoms with van der Waals surface area (Å²) in [4.78, 5) is 25.2. The molecule has 1 aliphatic heterocycles. The lowest BCUT2D eigenvalue weighted by atomic mass is 9.96. The van der Waals surface area contributed by atoms with E-state index in [1.165, 1.54) is 11.1 Å². The average Bonchev–Trinajstić information content (AvgIpc) is 3.11. The molecule has 7 nitrogen and oxygen atoms in total. The fraction of sp³-hybridized carbons (Fsp3) is 0.318. The lowest BCUT2D eigenvalue weighted by molar-refractivity contribution is -0.121. The third-order valence-electron chi connectivity index (χ3n) is 4.35. The van der Waals surface area contributed by atoms with Crippen molar-refractivity contribution < 1.29 is 19.1 Å². The van der Waals surface area contributed by atoms with E-state index in [4.69, 9.17) is 5.11 Å². The monoisotopic (exact) mass is 412 g/mol. The van der Waals surface area contributed by atoms with Gasteiger partial charge in [-0.2, -0.15) is 5.10 Å². The first-order valence-electron chi connectivity index (χ1n) is 9.48. The van der Waals surface area contributed by atoms with E-state index < -0.39 is 17.0 Å². The Kier molecular flexibility index (Phi) is 5.38. The first-order valence-corrected chi connectivity index (χ1v) is 9.48. The zero-order chi connectivity index (χ0) is 22.3. The molecule has 0 saturated carbocycles. The van der Waals surface area contributed by atoms with Crippen molar-refractivity contribution in [1.82, 2.24) is 10.2 Å². The smallest absolute Gasteiger partial charge is 0.256 e. The van der Waals surface area contributed by atoms with Crippen LogP contribution in [0.4, 0.5) is 21.5 Å². The number of nitrogens with one attached hydrogen (secondary N) is 2. The highest BCUT2D eigenvalue weighted by Gasteiger charge is 2.41. The highest BCUT2D eigenvalue weighted by molar-refractivity contribution is 6.14. The number of aromatic nitrogens is 2. The number of benzene rings is 2. The second-order valence-electron chi connectivity index (χ2n) is 8.69. The normalized spacial score (nSPS) is 15.2. The summed E-state index contributed by atoms with van der Waals surface area (Å²) in [7, 11) is 0. The van der Waals surface area contributed by atoms with Gasteiger partial charge >= 0.3 is 0 Å². The number of aromatic amines is 1. The van der Waals surface area contributed by atoms with Crippen molar-refractivity contribution in [3.8, 4) is 0 Å². The maximum Gasteiger partial charge on any atom is 0.256 e. The van der Waals surface area contributed by atoms with Crippen LogP contribution in [0.2, 0.25) is 0 Å². The summed E-state index contributed by atoms with van der Waals surface area (Å²) in [6.07, 6.45) is 2.25. The van der Waals surface area contributed by atoms with Gasteiger partial charge in [0.05, 0.1) is 17.5 Å². The molecule has 158 valence electrons. The van der Waals surface area contributed by atoms with Gasteiger partial charge in [-0.3, -0.25) is 19.6 Å². The number of H-pyrrole nitrogens is 1. The predicted molar refractivity (Wildman–Crippen MR) is 115 cm³/mol. The summed E-state index contributed by atoms with van der Waals surface area (Å²) in [6.45, 7) is 8.71. The molecule has 0 unspecified atom stereocenters.